The van der Waals surface area contributed by atoms with Gasteiger partial charge in [-0.25, -0.2) is 0 Å². The average Bonchev–Trinajstić information content (AvgIpc) is 2.26. The van der Waals surface area contributed by atoms with E-state index in [1.807, 2.05) is 0 Å². The maximum Gasteiger partial charge on any atom is 0.163 e. The van der Waals surface area contributed by atoms with Crippen molar-refractivity contribution in [2.75, 3.05) is 13.7 Å². The lowest BCUT2D eigenvalue weighted by atomic mass is 9.79. The highest BCUT2D eigenvalue weighted by Crippen LogP contribution is 2.35. The number of aliphatic hydroxyl groups excluding tert-OH is 2. The van der Waals surface area contributed by atoms with Gasteiger partial charge in [-0.2, -0.15) is 0 Å². The first-order valence-corrected chi connectivity index (χ1v) is 4.84. The Balaban J connectivity index is 2.96. The molecule has 0 aliphatic carbocycles. The molecule has 0 saturated carbocycles. The molecule has 5 nitrogen and oxygen atoms in total. The summed E-state index contributed by atoms with van der Waals surface area (Å²) in [6.07, 6.45) is -1.48. The Bertz CT molecular complexity index is 214. The van der Waals surface area contributed by atoms with Gasteiger partial charge in [-0.05, 0) is 0 Å². The molecule has 0 aromatic heterocycles. The highest BCUT2D eigenvalue weighted by molar-refractivity contribution is 5.09. The fourth-order valence-corrected chi connectivity index (χ4v) is 1.86. The molecule has 0 aromatic carbocycles. The number of aliphatic hydroxyl groups is 3. The highest BCUT2D eigenvalue weighted by atomic mass is 16.7. The first-order chi connectivity index (χ1) is 7.01. The summed E-state index contributed by atoms with van der Waals surface area (Å²) < 4.78 is 10.3. The van der Waals surface area contributed by atoms with Crippen LogP contribution in [-0.4, -0.2) is 53.1 Å². The standard InChI is InChI=1S/C10H18O5/c1-4-10(13)6(2)9(14-3)15-7(5-11)8(10)12/h4,6-9,11-13H,1,5H2,2-3H3/t6-,7+,8+,9-,10-/m0/s1. The molecule has 1 saturated heterocycles. The summed E-state index contributed by atoms with van der Waals surface area (Å²) in [6.45, 7) is 4.79. The minimum Gasteiger partial charge on any atom is -0.394 e. The Labute approximate surface area is 88.9 Å². The van der Waals surface area contributed by atoms with Crippen LogP contribution in [0.2, 0.25) is 0 Å². The molecule has 5 atom stereocenters. The lowest BCUT2D eigenvalue weighted by Crippen LogP contribution is -2.62. The Morgan fingerprint density at radius 2 is 2.20 bits per heavy atom. The maximum absolute atomic E-state index is 10.2. The minimum atomic E-state index is -1.51. The molecule has 0 bridgehead atoms. The van der Waals surface area contributed by atoms with Crippen molar-refractivity contribution in [3.05, 3.63) is 12.7 Å². The zero-order chi connectivity index (χ0) is 11.6. The largest absolute Gasteiger partial charge is 0.394 e. The summed E-state index contributed by atoms with van der Waals surface area (Å²) in [4.78, 5) is 0. The summed E-state index contributed by atoms with van der Waals surface area (Å²) in [5, 5.41) is 29.0. The van der Waals surface area contributed by atoms with Crippen LogP contribution in [0.3, 0.4) is 0 Å². The molecule has 5 heteroatoms. The van der Waals surface area contributed by atoms with Gasteiger partial charge in [0.2, 0.25) is 0 Å². The van der Waals surface area contributed by atoms with E-state index in [2.05, 4.69) is 6.58 Å². The summed E-state index contributed by atoms with van der Waals surface area (Å²) in [7, 11) is 1.44. The van der Waals surface area contributed by atoms with Gasteiger partial charge in [-0.3, -0.25) is 0 Å². The third kappa shape index (κ3) is 1.93. The van der Waals surface area contributed by atoms with E-state index in [9.17, 15) is 10.2 Å². The molecule has 0 unspecified atom stereocenters. The van der Waals surface area contributed by atoms with Gasteiger partial charge in [0.25, 0.3) is 0 Å². The molecule has 1 fully saturated rings. The lowest BCUT2D eigenvalue weighted by Gasteiger charge is -2.47. The Hall–Kier alpha value is -0.460. The minimum absolute atomic E-state index is 0.385. The molecule has 15 heavy (non-hydrogen) atoms. The van der Waals surface area contributed by atoms with Crippen molar-refractivity contribution in [2.24, 2.45) is 5.92 Å². The van der Waals surface area contributed by atoms with E-state index in [4.69, 9.17) is 14.6 Å². The van der Waals surface area contributed by atoms with Crippen molar-refractivity contribution in [1.29, 1.82) is 0 Å². The molecular formula is C10H18O5. The van der Waals surface area contributed by atoms with E-state index in [0.29, 0.717) is 0 Å². The van der Waals surface area contributed by atoms with Gasteiger partial charge in [0.05, 0.1) is 6.61 Å². The van der Waals surface area contributed by atoms with Crippen LogP contribution in [0, 0.1) is 5.92 Å². The maximum atomic E-state index is 10.2. The first-order valence-electron chi connectivity index (χ1n) is 4.84. The molecule has 0 amide bonds. The van der Waals surface area contributed by atoms with Crippen LogP contribution in [0.4, 0.5) is 0 Å². The Morgan fingerprint density at radius 1 is 1.60 bits per heavy atom. The Morgan fingerprint density at radius 3 is 2.60 bits per heavy atom. The van der Waals surface area contributed by atoms with Crippen LogP contribution in [-0.2, 0) is 9.47 Å². The fourth-order valence-electron chi connectivity index (χ4n) is 1.86. The van der Waals surface area contributed by atoms with E-state index in [1.165, 1.54) is 13.2 Å². The SMILES string of the molecule is C=C[C@@]1(O)[C@H](O)[C@@H](CO)O[C@H](OC)[C@@H]1C. The summed E-state index contributed by atoms with van der Waals surface area (Å²) in [6, 6.07) is 0. The monoisotopic (exact) mass is 218 g/mol. The predicted octanol–water partition coefficient (Wildman–Crippen LogP) is -0.736. The van der Waals surface area contributed by atoms with Crippen molar-refractivity contribution in [2.45, 2.75) is 31.0 Å². The van der Waals surface area contributed by atoms with Gasteiger partial charge in [0.15, 0.2) is 6.29 Å². The second-order valence-corrected chi connectivity index (χ2v) is 3.79. The summed E-state index contributed by atoms with van der Waals surface area (Å²) in [5.41, 5.74) is -1.51. The number of rotatable bonds is 3. The number of methoxy groups -OCH3 is 1. The quantitative estimate of drug-likeness (QED) is 0.544. The van der Waals surface area contributed by atoms with Crippen LogP contribution >= 0.6 is 0 Å². The molecule has 0 aromatic rings. The van der Waals surface area contributed by atoms with Crippen LogP contribution in [0.25, 0.3) is 0 Å². The molecule has 3 N–H and O–H groups in total. The van der Waals surface area contributed by atoms with E-state index in [-0.39, 0.29) is 6.61 Å². The second-order valence-electron chi connectivity index (χ2n) is 3.79. The number of hydrogen-bond acceptors (Lipinski definition) is 5. The normalized spacial score (nSPS) is 46.5. The van der Waals surface area contributed by atoms with E-state index >= 15 is 0 Å². The van der Waals surface area contributed by atoms with Crippen LogP contribution in [0.5, 0.6) is 0 Å². The average molecular weight is 218 g/mol. The smallest absolute Gasteiger partial charge is 0.163 e. The fraction of sp³-hybridized carbons (Fsp3) is 0.800. The van der Waals surface area contributed by atoms with Crippen molar-refractivity contribution in [3.63, 3.8) is 0 Å². The molecule has 0 spiro atoms. The second kappa shape index (κ2) is 4.59. The summed E-state index contributed by atoms with van der Waals surface area (Å²) in [5.74, 6) is -0.460. The molecule has 88 valence electrons. The van der Waals surface area contributed by atoms with Crippen LogP contribution in [0.15, 0.2) is 12.7 Å². The zero-order valence-corrected chi connectivity index (χ0v) is 8.96. The molecular weight excluding hydrogens is 200 g/mol. The van der Waals surface area contributed by atoms with Crippen molar-refractivity contribution < 1.29 is 24.8 Å². The van der Waals surface area contributed by atoms with Crippen molar-refractivity contribution in [3.8, 4) is 0 Å². The van der Waals surface area contributed by atoms with Crippen LogP contribution < -0.4 is 0 Å². The van der Waals surface area contributed by atoms with Gasteiger partial charge in [0, 0.05) is 13.0 Å². The molecule has 0 radical (unpaired) electrons. The molecule has 1 heterocycles. The van der Waals surface area contributed by atoms with Gasteiger partial charge < -0.3 is 24.8 Å². The molecule has 1 aliphatic heterocycles. The number of hydrogen-bond donors (Lipinski definition) is 3. The zero-order valence-electron chi connectivity index (χ0n) is 8.96. The van der Waals surface area contributed by atoms with Gasteiger partial charge in [-0.15, -0.1) is 6.58 Å². The first kappa shape index (κ1) is 12.6. The third-order valence-corrected chi connectivity index (χ3v) is 3.01. The molecule has 1 aliphatic rings. The van der Waals surface area contributed by atoms with Crippen LogP contribution in [0.1, 0.15) is 6.92 Å². The number of ether oxygens (including phenoxy) is 2. The third-order valence-electron chi connectivity index (χ3n) is 3.01. The van der Waals surface area contributed by atoms with E-state index in [0.717, 1.165) is 0 Å². The predicted molar refractivity (Wildman–Crippen MR) is 53.1 cm³/mol. The van der Waals surface area contributed by atoms with Gasteiger partial charge >= 0.3 is 0 Å². The van der Waals surface area contributed by atoms with Crippen molar-refractivity contribution >= 4 is 0 Å². The topological polar surface area (TPSA) is 79.2 Å². The van der Waals surface area contributed by atoms with Gasteiger partial charge in [-0.1, -0.05) is 13.0 Å². The van der Waals surface area contributed by atoms with Gasteiger partial charge in [0.1, 0.15) is 17.8 Å². The highest BCUT2D eigenvalue weighted by Gasteiger charge is 2.51. The van der Waals surface area contributed by atoms with E-state index < -0.39 is 30.0 Å². The van der Waals surface area contributed by atoms with Crippen molar-refractivity contribution in [1.82, 2.24) is 0 Å². The Kier molecular flexibility index (Phi) is 3.86. The lowest BCUT2D eigenvalue weighted by molar-refractivity contribution is -0.295. The van der Waals surface area contributed by atoms with E-state index in [1.54, 1.807) is 6.92 Å². The molecule has 1 rings (SSSR count). The summed E-state index contributed by atoms with van der Waals surface area (Å²) >= 11 is 0.